The summed E-state index contributed by atoms with van der Waals surface area (Å²) in [6.45, 7) is 20.5. The first-order valence-corrected chi connectivity index (χ1v) is 16.4. The summed E-state index contributed by atoms with van der Waals surface area (Å²) >= 11 is 0. The van der Waals surface area contributed by atoms with Gasteiger partial charge >= 0.3 is 7.82 Å². The number of hydrogen-bond acceptors (Lipinski definition) is 3. The van der Waals surface area contributed by atoms with Gasteiger partial charge in [-0.1, -0.05) is 67.9 Å². The van der Waals surface area contributed by atoms with Crippen molar-refractivity contribution in [3.8, 4) is 0 Å². The zero-order chi connectivity index (χ0) is 27.8. The monoisotopic (exact) mass is 536 g/mol. The molecule has 3 saturated carbocycles. The molecular weight excluding hydrogens is 483 g/mol. The van der Waals surface area contributed by atoms with Crippen LogP contribution in [0.4, 0.5) is 0 Å². The van der Waals surface area contributed by atoms with Crippen molar-refractivity contribution in [1.82, 2.24) is 0 Å². The van der Waals surface area contributed by atoms with Gasteiger partial charge < -0.3 is 9.79 Å². The van der Waals surface area contributed by atoms with Gasteiger partial charge in [0.1, 0.15) is 0 Å². The first-order valence-electron chi connectivity index (χ1n) is 14.8. The molecule has 0 radical (unpaired) electrons. The first kappa shape index (κ1) is 29.5. The van der Waals surface area contributed by atoms with Crippen LogP contribution in [-0.2, 0) is 13.9 Å². The number of ketones is 1. The highest BCUT2D eigenvalue weighted by atomic mass is 31.2. The van der Waals surface area contributed by atoms with Gasteiger partial charge in [0, 0.05) is 5.92 Å². The first-order chi connectivity index (χ1) is 16.8. The highest BCUT2D eigenvalue weighted by molar-refractivity contribution is 7.46. The van der Waals surface area contributed by atoms with Crippen LogP contribution in [0.1, 0.15) is 114 Å². The molecule has 4 aliphatic carbocycles. The average molecular weight is 537 g/mol. The summed E-state index contributed by atoms with van der Waals surface area (Å²) in [4.78, 5) is 33.2. The summed E-state index contributed by atoms with van der Waals surface area (Å²) in [7, 11) is -4.60. The zero-order valence-electron chi connectivity index (χ0n) is 24.8. The van der Waals surface area contributed by atoms with E-state index in [0.717, 1.165) is 44.9 Å². The molecule has 212 valence electrons. The third-order valence-corrected chi connectivity index (χ3v) is 12.8. The van der Waals surface area contributed by atoms with Crippen LogP contribution in [0.5, 0.6) is 0 Å². The smallest absolute Gasteiger partial charge is 0.303 e. The standard InChI is InChI=1S/C31H53O5P/c1-19-16-25-26(32)17-24-23(29(25,7)18-20(19)2)11-15-30(8)22(10-14-31(24,30)9)21(3)27(36-37(33,34)35)12-13-28(4,5)6/h17,19-23,25,27H,10-16,18H2,1-9H3,(H2,33,34,35)/t19-,20-,21-,22+,23?,25-,27+,29+,30+,31-/m0/s1. The topological polar surface area (TPSA) is 83.8 Å². The van der Waals surface area contributed by atoms with Crippen LogP contribution in [0.2, 0.25) is 0 Å². The number of carbonyl (C=O) groups is 1. The van der Waals surface area contributed by atoms with E-state index in [-0.39, 0.29) is 33.5 Å². The Labute approximate surface area is 225 Å². The maximum Gasteiger partial charge on any atom is 0.469 e. The molecule has 4 aliphatic rings. The van der Waals surface area contributed by atoms with Crippen LogP contribution in [0, 0.1) is 57.2 Å². The van der Waals surface area contributed by atoms with Crippen molar-refractivity contribution in [3.05, 3.63) is 11.6 Å². The summed E-state index contributed by atoms with van der Waals surface area (Å²) in [5, 5.41) is 0. The molecule has 37 heavy (non-hydrogen) atoms. The minimum Gasteiger partial charge on any atom is -0.303 e. The second kappa shape index (κ2) is 9.57. The second-order valence-electron chi connectivity index (χ2n) is 15.5. The minimum absolute atomic E-state index is 0.0238. The highest BCUT2D eigenvalue weighted by Gasteiger charge is 2.65. The molecule has 0 aromatic carbocycles. The molecule has 2 N–H and O–H groups in total. The lowest BCUT2D eigenvalue weighted by molar-refractivity contribution is -0.134. The predicted octanol–water partition coefficient (Wildman–Crippen LogP) is 7.96. The van der Waals surface area contributed by atoms with Gasteiger partial charge in [0.2, 0.25) is 0 Å². The maximum absolute atomic E-state index is 13.7. The number of rotatable bonds is 6. The number of hydrogen-bond donors (Lipinski definition) is 2. The lowest BCUT2D eigenvalue weighted by Gasteiger charge is -2.61. The van der Waals surface area contributed by atoms with Crippen LogP contribution in [-0.4, -0.2) is 21.7 Å². The van der Waals surface area contributed by atoms with Crippen molar-refractivity contribution in [2.45, 2.75) is 120 Å². The van der Waals surface area contributed by atoms with Gasteiger partial charge in [-0.05, 0) is 109 Å². The van der Waals surface area contributed by atoms with Gasteiger partial charge in [0.25, 0.3) is 0 Å². The Hall–Kier alpha value is -0.480. The molecule has 0 heterocycles. The number of phosphoric ester groups is 1. The molecule has 10 atom stereocenters. The Kier molecular flexibility index (Phi) is 7.63. The van der Waals surface area contributed by atoms with Crippen molar-refractivity contribution in [2.75, 3.05) is 0 Å². The molecule has 0 aromatic heterocycles. The minimum atomic E-state index is -4.60. The van der Waals surface area contributed by atoms with E-state index in [2.05, 4.69) is 68.4 Å². The number of fused-ring (bicyclic) bond motifs is 5. The van der Waals surface area contributed by atoms with Gasteiger partial charge in [0.05, 0.1) is 6.10 Å². The lowest BCUT2D eigenvalue weighted by atomic mass is 9.42. The Morgan fingerprint density at radius 1 is 1.08 bits per heavy atom. The summed E-state index contributed by atoms with van der Waals surface area (Å²) in [5.74, 6) is 2.51. The van der Waals surface area contributed by atoms with E-state index in [4.69, 9.17) is 4.52 Å². The van der Waals surface area contributed by atoms with E-state index < -0.39 is 13.9 Å². The number of carbonyl (C=O) groups excluding carboxylic acids is 1. The van der Waals surface area contributed by atoms with Crippen LogP contribution in [0.15, 0.2) is 11.6 Å². The third kappa shape index (κ3) is 5.09. The Morgan fingerprint density at radius 3 is 2.32 bits per heavy atom. The normalized spacial score (nSPS) is 43.9. The second-order valence-corrected chi connectivity index (χ2v) is 16.7. The van der Waals surface area contributed by atoms with Crippen LogP contribution in [0.3, 0.4) is 0 Å². The summed E-state index contributed by atoms with van der Waals surface area (Å²) < 4.78 is 17.5. The van der Waals surface area contributed by atoms with Crippen LogP contribution >= 0.6 is 7.82 Å². The third-order valence-electron chi connectivity index (χ3n) is 12.2. The van der Waals surface area contributed by atoms with E-state index >= 15 is 0 Å². The van der Waals surface area contributed by atoms with Crippen molar-refractivity contribution in [2.24, 2.45) is 57.2 Å². The van der Waals surface area contributed by atoms with Crippen molar-refractivity contribution < 1.29 is 23.7 Å². The molecule has 0 saturated heterocycles. The van der Waals surface area contributed by atoms with Gasteiger partial charge in [0.15, 0.2) is 5.78 Å². The zero-order valence-corrected chi connectivity index (χ0v) is 25.7. The van der Waals surface area contributed by atoms with Gasteiger partial charge in [-0.15, -0.1) is 0 Å². The Balaban J connectivity index is 1.66. The molecule has 0 aliphatic heterocycles. The summed E-state index contributed by atoms with van der Waals surface area (Å²) in [5.41, 5.74) is 1.41. The van der Waals surface area contributed by atoms with E-state index in [0.29, 0.717) is 35.9 Å². The van der Waals surface area contributed by atoms with E-state index in [9.17, 15) is 19.1 Å². The predicted molar refractivity (Wildman–Crippen MR) is 149 cm³/mol. The van der Waals surface area contributed by atoms with Crippen molar-refractivity contribution >= 4 is 13.6 Å². The number of phosphoric acid groups is 1. The Bertz CT molecular complexity index is 977. The lowest BCUT2D eigenvalue weighted by Crippen LogP contribution is -2.56. The van der Waals surface area contributed by atoms with Crippen LogP contribution in [0.25, 0.3) is 0 Å². The molecular formula is C31H53O5P. The largest absolute Gasteiger partial charge is 0.469 e. The fraction of sp³-hybridized carbons (Fsp3) is 0.903. The van der Waals surface area contributed by atoms with Gasteiger partial charge in [-0.3, -0.25) is 9.32 Å². The average Bonchev–Trinajstić information content (AvgIpc) is 3.03. The van der Waals surface area contributed by atoms with Crippen molar-refractivity contribution in [3.63, 3.8) is 0 Å². The van der Waals surface area contributed by atoms with Gasteiger partial charge in [-0.2, -0.15) is 0 Å². The molecule has 0 bridgehead atoms. The van der Waals surface area contributed by atoms with Crippen molar-refractivity contribution in [1.29, 1.82) is 0 Å². The Morgan fingerprint density at radius 2 is 1.73 bits per heavy atom. The molecule has 0 spiro atoms. The molecule has 6 heteroatoms. The number of allylic oxidation sites excluding steroid dienone is 2. The fourth-order valence-corrected chi connectivity index (χ4v) is 10.2. The molecule has 5 nitrogen and oxygen atoms in total. The maximum atomic E-state index is 13.7. The quantitative estimate of drug-likeness (QED) is 0.337. The molecule has 0 aromatic rings. The highest BCUT2D eigenvalue weighted by Crippen LogP contribution is 2.72. The molecule has 4 rings (SSSR count). The van der Waals surface area contributed by atoms with E-state index in [1.165, 1.54) is 5.57 Å². The SMILES string of the molecule is C[C@@H]([C@H]1CC[C@@]2(C)C3=CC(=O)[C@@H]4C[C@H](C)[C@@H](C)C[C@]4(C)C3CC[C@]12C)[C@@H](CCC(C)(C)C)OP(=O)(O)O. The van der Waals surface area contributed by atoms with Crippen LogP contribution < -0.4 is 0 Å². The summed E-state index contributed by atoms with van der Waals surface area (Å²) in [6, 6.07) is 0. The molecule has 1 unspecified atom stereocenters. The van der Waals surface area contributed by atoms with E-state index in [1.807, 2.05) is 0 Å². The van der Waals surface area contributed by atoms with Gasteiger partial charge in [-0.25, -0.2) is 4.57 Å². The molecule has 0 amide bonds. The summed E-state index contributed by atoms with van der Waals surface area (Å²) in [6.07, 6.45) is 9.47. The fourth-order valence-electron chi connectivity index (χ4n) is 9.58. The van der Waals surface area contributed by atoms with E-state index in [1.54, 1.807) is 0 Å². The molecule has 3 fully saturated rings.